The maximum absolute atomic E-state index is 11.5. The van der Waals surface area contributed by atoms with Gasteiger partial charge in [-0.15, -0.1) is 0 Å². The molecule has 1 rings (SSSR count). The van der Waals surface area contributed by atoms with Crippen LogP contribution in [0.5, 0.6) is 0 Å². The van der Waals surface area contributed by atoms with Crippen molar-refractivity contribution in [2.24, 2.45) is 11.7 Å². The molecule has 0 spiro atoms. The lowest BCUT2D eigenvalue weighted by molar-refractivity contribution is -0.129. The molecule has 4 nitrogen and oxygen atoms in total. The molecule has 0 radical (unpaired) electrons. The van der Waals surface area contributed by atoms with Crippen LogP contribution in [-0.4, -0.2) is 56.0 Å². The highest BCUT2D eigenvalue weighted by Crippen LogP contribution is 2.19. The van der Waals surface area contributed by atoms with Crippen LogP contribution in [0.25, 0.3) is 0 Å². The summed E-state index contributed by atoms with van der Waals surface area (Å²) >= 11 is 0. The van der Waals surface area contributed by atoms with Crippen LogP contribution < -0.4 is 5.73 Å². The molecule has 0 saturated carbocycles. The van der Waals surface area contributed by atoms with E-state index in [9.17, 15) is 4.79 Å². The van der Waals surface area contributed by atoms with Gasteiger partial charge in [-0.05, 0) is 32.4 Å². The van der Waals surface area contributed by atoms with Crippen LogP contribution in [-0.2, 0) is 4.79 Å². The molecular formula is C11H23N3O. The Morgan fingerprint density at radius 3 is 2.80 bits per heavy atom. The second-order valence-electron chi connectivity index (χ2n) is 4.82. The Kier molecular flexibility index (Phi) is 4.54. The quantitative estimate of drug-likeness (QED) is 0.725. The van der Waals surface area contributed by atoms with Crippen LogP contribution >= 0.6 is 0 Å². The molecule has 1 fully saturated rings. The van der Waals surface area contributed by atoms with Crippen molar-refractivity contribution in [2.75, 3.05) is 34.2 Å². The van der Waals surface area contributed by atoms with Gasteiger partial charge in [-0.25, -0.2) is 0 Å². The van der Waals surface area contributed by atoms with Crippen LogP contribution in [0.1, 0.15) is 19.3 Å². The van der Waals surface area contributed by atoms with Crippen molar-refractivity contribution in [1.82, 2.24) is 9.80 Å². The summed E-state index contributed by atoms with van der Waals surface area (Å²) < 4.78 is 0. The molecule has 0 aliphatic carbocycles. The summed E-state index contributed by atoms with van der Waals surface area (Å²) in [4.78, 5) is 15.4. The van der Waals surface area contributed by atoms with Crippen LogP contribution in [0.3, 0.4) is 0 Å². The first-order valence-corrected chi connectivity index (χ1v) is 5.65. The van der Waals surface area contributed by atoms with E-state index in [1.165, 1.54) is 6.42 Å². The topological polar surface area (TPSA) is 49.6 Å². The van der Waals surface area contributed by atoms with Gasteiger partial charge in [-0.2, -0.15) is 0 Å². The summed E-state index contributed by atoms with van der Waals surface area (Å²) in [5.41, 5.74) is 6.08. The third-order valence-electron chi connectivity index (χ3n) is 3.18. The molecule has 2 atom stereocenters. The second-order valence-corrected chi connectivity index (χ2v) is 4.82. The van der Waals surface area contributed by atoms with Crippen molar-refractivity contribution >= 4 is 5.91 Å². The lowest BCUT2D eigenvalue weighted by Crippen LogP contribution is -2.44. The maximum atomic E-state index is 11.5. The van der Waals surface area contributed by atoms with Crippen LogP contribution in [0.15, 0.2) is 0 Å². The van der Waals surface area contributed by atoms with E-state index in [1.807, 2.05) is 0 Å². The van der Waals surface area contributed by atoms with Crippen molar-refractivity contribution in [3.8, 4) is 0 Å². The van der Waals surface area contributed by atoms with Crippen LogP contribution in [0.2, 0.25) is 0 Å². The molecule has 1 amide bonds. The molecule has 0 bridgehead atoms. The molecule has 1 heterocycles. The summed E-state index contributed by atoms with van der Waals surface area (Å²) in [5, 5.41) is 0. The van der Waals surface area contributed by atoms with Crippen molar-refractivity contribution in [2.45, 2.75) is 25.3 Å². The Morgan fingerprint density at radius 1 is 1.60 bits per heavy atom. The first-order valence-electron chi connectivity index (χ1n) is 5.65. The minimum atomic E-state index is 0.0163. The van der Waals surface area contributed by atoms with Crippen LogP contribution in [0.4, 0.5) is 0 Å². The predicted molar refractivity (Wildman–Crippen MR) is 61.5 cm³/mol. The molecule has 0 aromatic heterocycles. The minimum absolute atomic E-state index is 0.0163. The zero-order valence-electron chi connectivity index (χ0n) is 10.1. The van der Waals surface area contributed by atoms with Crippen molar-refractivity contribution in [3.05, 3.63) is 0 Å². The summed E-state index contributed by atoms with van der Waals surface area (Å²) in [5.74, 6) is 0.614. The van der Waals surface area contributed by atoms with E-state index < -0.39 is 0 Å². The fourth-order valence-corrected chi connectivity index (χ4v) is 2.11. The van der Waals surface area contributed by atoms with Gasteiger partial charge < -0.3 is 15.5 Å². The van der Waals surface area contributed by atoms with E-state index in [0.29, 0.717) is 12.3 Å². The summed E-state index contributed by atoms with van der Waals surface area (Å²) in [6.45, 7) is 2.19. The van der Waals surface area contributed by atoms with E-state index in [4.69, 9.17) is 5.73 Å². The van der Waals surface area contributed by atoms with Gasteiger partial charge in [0.2, 0.25) is 5.91 Å². The van der Waals surface area contributed by atoms with E-state index in [1.54, 1.807) is 19.0 Å². The molecule has 1 aliphatic rings. The van der Waals surface area contributed by atoms with Gasteiger partial charge in [0.1, 0.15) is 0 Å². The van der Waals surface area contributed by atoms with Gasteiger partial charge in [0, 0.05) is 33.1 Å². The standard InChI is InChI=1S/C11H23N3O/c1-13(2)11(15)7-10(12)9-5-4-6-14(3)8-9/h9-10H,4-8,12H2,1-3H3. The largest absolute Gasteiger partial charge is 0.349 e. The van der Waals surface area contributed by atoms with Gasteiger partial charge >= 0.3 is 0 Å². The molecular weight excluding hydrogens is 190 g/mol. The monoisotopic (exact) mass is 213 g/mol. The van der Waals surface area contributed by atoms with E-state index in [2.05, 4.69) is 11.9 Å². The zero-order valence-corrected chi connectivity index (χ0v) is 10.1. The zero-order chi connectivity index (χ0) is 11.4. The summed E-state index contributed by atoms with van der Waals surface area (Å²) in [6.07, 6.45) is 2.84. The molecule has 15 heavy (non-hydrogen) atoms. The first kappa shape index (κ1) is 12.5. The highest BCUT2D eigenvalue weighted by molar-refractivity contribution is 5.76. The highest BCUT2D eigenvalue weighted by Gasteiger charge is 2.25. The molecule has 2 unspecified atom stereocenters. The van der Waals surface area contributed by atoms with Gasteiger partial charge in [0.15, 0.2) is 0 Å². The number of carbonyl (C=O) groups excluding carboxylic acids is 1. The molecule has 1 saturated heterocycles. The van der Waals surface area contributed by atoms with Gasteiger partial charge in [0.05, 0.1) is 0 Å². The number of rotatable bonds is 3. The Labute approximate surface area is 92.4 Å². The van der Waals surface area contributed by atoms with Crippen molar-refractivity contribution in [1.29, 1.82) is 0 Å². The van der Waals surface area contributed by atoms with Gasteiger partial charge in [-0.1, -0.05) is 0 Å². The van der Waals surface area contributed by atoms with Gasteiger partial charge in [-0.3, -0.25) is 4.79 Å². The molecule has 0 aromatic rings. The number of likely N-dealkylation sites (tertiary alicyclic amines) is 1. The number of hydrogen-bond donors (Lipinski definition) is 1. The Morgan fingerprint density at radius 2 is 2.27 bits per heavy atom. The maximum Gasteiger partial charge on any atom is 0.223 e. The number of hydrogen-bond acceptors (Lipinski definition) is 3. The first-order chi connectivity index (χ1) is 7.00. The fraction of sp³-hybridized carbons (Fsp3) is 0.909. The predicted octanol–water partition coefficient (Wildman–Crippen LogP) is 0.134. The third-order valence-corrected chi connectivity index (χ3v) is 3.18. The second kappa shape index (κ2) is 5.47. The molecule has 1 aliphatic heterocycles. The average molecular weight is 213 g/mol. The number of amides is 1. The lowest BCUT2D eigenvalue weighted by atomic mass is 9.89. The molecule has 0 aromatic carbocycles. The molecule has 88 valence electrons. The van der Waals surface area contributed by atoms with Crippen molar-refractivity contribution in [3.63, 3.8) is 0 Å². The Hall–Kier alpha value is -0.610. The summed E-state index contributed by atoms with van der Waals surface area (Å²) in [7, 11) is 5.68. The third kappa shape index (κ3) is 3.80. The number of piperidine rings is 1. The number of nitrogens with zero attached hydrogens (tertiary/aromatic N) is 2. The lowest BCUT2D eigenvalue weighted by Gasteiger charge is -2.33. The molecule has 2 N–H and O–H groups in total. The number of carbonyl (C=O) groups is 1. The SMILES string of the molecule is CN1CCCC(C(N)CC(=O)N(C)C)C1. The minimum Gasteiger partial charge on any atom is -0.349 e. The molecule has 4 heteroatoms. The average Bonchev–Trinajstić information content (AvgIpc) is 2.17. The Bertz CT molecular complexity index is 218. The normalized spacial score (nSPS) is 24.9. The van der Waals surface area contributed by atoms with Crippen LogP contribution in [0, 0.1) is 5.92 Å². The van der Waals surface area contributed by atoms with Gasteiger partial charge in [0.25, 0.3) is 0 Å². The highest BCUT2D eigenvalue weighted by atomic mass is 16.2. The van der Waals surface area contributed by atoms with E-state index in [0.717, 1.165) is 19.5 Å². The van der Waals surface area contributed by atoms with E-state index >= 15 is 0 Å². The fourth-order valence-electron chi connectivity index (χ4n) is 2.11. The number of nitrogens with two attached hydrogens (primary N) is 1. The van der Waals surface area contributed by atoms with Crippen molar-refractivity contribution < 1.29 is 4.79 Å². The van der Waals surface area contributed by atoms with E-state index in [-0.39, 0.29) is 11.9 Å². The smallest absolute Gasteiger partial charge is 0.223 e. The Balaban J connectivity index is 2.38. The summed E-state index contributed by atoms with van der Waals surface area (Å²) in [6, 6.07) is 0.0163.